The van der Waals surface area contributed by atoms with Crippen molar-refractivity contribution in [3.63, 3.8) is 0 Å². The zero-order chi connectivity index (χ0) is 53.9. The van der Waals surface area contributed by atoms with Crippen LogP contribution >= 0.6 is 0 Å². The molecule has 12 atom stereocenters. The molecule has 0 radical (unpaired) electrons. The Balaban J connectivity index is 1.74. The molecule has 0 aromatic carbocycles. The Morgan fingerprint density at radius 2 is 0.892 bits per heavy atom. The number of rotatable bonds is 49. The molecule has 2 rings (SSSR count). The number of carbonyl (C=O) groups is 1. The molecular formula is C60H113NO13. The summed E-state index contributed by atoms with van der Waals surface area (Å²) in [4.78, 5) is 13.3. The fraction of sp³-hybridized carbons (Fsp3) is 0.917. The largest absolute Gasteiger partial charge is 0.394 e. The number of nitrogens with one attached hydrogen (secondary N) is 1. The van der Waals surface area contributed by atoms with Crippen molar-refractivity contribution >= 4 is 5.91 Å². The van der Waals surface area contributed by atoms with Gasteiger partial charge in [-0.05, 0) is 44.9 Å². The molecule has 0 aliphatic carbocycles. The summed E-state index contributed by atoms with van der Waals surface area (Å²) in [6.45, 7) is 2.85. The summed E-state index contributed by atoms with van der Waals surface area (Å²) in [5.74, 6) is -0.212. The number of allylic oxidation sites excluding steroid dienone is 4. The summed E-state index contributed by atoms with van der Waals surface area (Å²) >= 11 is 0. The van der Waals surface area contributed by atoms with Crippen LogP contribution in [0.15, 0.2) is 24.3 Å². The first kappa shape index (κ1) is 68.6. The van der Waals surface area contributed by atoms with Gasteiger partial charge in [0.15, 0.2) is 12.6 Å². The molecule has 1 amide bonds. The van der Waals surface area contributed by atoms with Crippen molar-refractivity contribution in [2.75, 3.05) is 19.8 Å². The highest BCUT2D eigenvalue weighted by Crippen LogP contribution is 2.30. The van der Waals surface area contributed by atoms with Crippen molar-refractivity contribution in [1.29, 1.82) is 0 Å². The minimum atomic E-state index is -1.78. The third-order valence-electron chi connectivity index (χ3n) is 15.2. The first-order valence-electron chi connectivity index (χ1n) is 30.6. The highest BCUT2D eigenvalue weighted by Gasteiger charge is 2.51. The standard InChI is InChI=1S/C60H113NO13/c1-3-5-7-9-11-13-15-17-19-21-22-23-24-25-26-28-29-31-33-35-37-39-41-43-49(64)48(61-52(65)44-42-40-38-36-34-32-30-27-20-18-16-14-12-10-8-6-4-2)47-71-59-57(70)55(68)58(51(46-63)73-59)74-60-56(69)54(67)53(66)50(45-62)72-60/h12,14,18,20,48-51,53-60,62-64,66-70H,3-11,13,15-17,19,21-47H2,1-2H3,(H,61,65)/b14-12-,20-18-. The van der Waals surface area contributed by atoms with Crippen LogP contribution in [0, 0.1) is 0 Å². The van der Waals surface area contributed by atoms with E-state index in [0.717, 1.165) is 57.8 Å². The van der Waals surface area contributed by atoms with Crippen LogP contribution in [0.3, 0.4) is 0 Å². The van der Waals surface area contributed by atoms with Crippen molar-refractivity contribution in [2.24, 2.45) is 0 Å². The van der Waals surface area contributed by atoms with Gasteiger partial charge in [0.05, 0.1) is 32.0 Å². The van der Waals surface area contributed by atoms with Gasteiger partial charge in [-0.15, -0.1) is 0 Å². The summed E-state index contributed by atoms with van der Waals surface area (Å²) in [5, 5.41) is 87.3. The molecule has 12 unspecified atom stereocenters. The topological polar surface area (TPSA) is 228 Å². The van der Waals surface area contributed by atoms with E-state index in [1.54, 1.807) is 0 Å². The van der Waals surface area contributed by atoms with Gasteiger partial charge >= 0.3 is 0 Å². The molecule has 2 saturated heterocycles. The first-order valence-corrected chi connectivity index (χ1v) is 30.6. The highest BCUT2D eigenvalue weighted by atomic mass is 16.7. The minimum absolute atomic E-state index is 0.212. The number of hydrogen-bond acceptors (Lipinski definition) is 13. The molecule has 14 nitrogen and oxygen atoms in total. The summed E-state index contributed by atoms with van der Waals surface area (Å²) in [5.41, 5.74) is 0. The van der Waals surface area contributed by atoms with Gasteiger partial charge in [-0.1, -0.05) is 231 Å². The van der Waals surface area contributed by atoms with Gasteiger partial charge in [0, 0.05) is 6.42 Å². The van der Waals surface area contributed by atoms with E-state index < -0.39 is 86.8 Å². The van der Waals surface area contributed by atoms with Crippen LogP contribution in [-0.4, -0.2) is 140 Å². The van der Waals surface area contributed by atoms with Crippen LogP contribution in [0.25, 0.3) is 0 Å². The van der Waals surface area contributed by atoms with Crippen molar-refractivity contribution in [3.05, 3.63) is 24.3 Å². The molecular weight excluding hydrogens is 943 g/mol. The molecule has 2 aliphatic rings. The second kappa shape index (κ2) is 46.4. The summed E-state index contributed by atoms with van der Waals surface area (Å²) < 4.78 is 22.8. The Labute approximate surface area is 449 Å². The molecule has 0 aromatic rings. The average Bonchev–Trinajstić information content (AvgIpc) is 3.40. The fourth-order valence-corrected chi connectivity index (χ4v) is 10.2. The molecule has 2 fully saturated rings. The third-order valence-corrected chi connectivity index (χ3v) is 15.2. The third kappa shape index (κ3) is 31.8. The molecule has 2 aliphatic heterocycles. The van der Waals surface area contributed by atoms with Gasteiger partial charge in [0.1, 0.15) is 48.8 Å². The fourth-order valence-electron chi connectivity index (χ4n) is 10.2. The van der Waals surface area contributed by atoms with E-state index in [2.05, 4.69) is 43.5 Å². The lowest BCUT2D eigenvalue weighted by atomic mass is 9.97. The maximum absolute atomic E-state index is 13.3. The lowest BCUT2D eigenvalue weighted by molar-refractivity contribution is -0.359. The van der Waals surface area contributed by atoms with Gasteiger partial charge in [0.25, 0.3) is 0 Å². The quantitative estimate of drug-likeness (QED) is 0.0204. The van der Waals surface area contributed by atoms with Crippen LogP contribution in [0.1, 0.15) is 258 Å². The van der Waals surface area contributed by atoms with Crippen LogP contribution in [-0.2, 0) is 23.7 Å². The van der Waals surface area contributed by atoms with Gasteiger partial charge in [0.2, 0.25) is 5.91 Å². The lowest BCUT2D eigenvalue weighted by Crippen LogP contribution is -2.65. The molecule has 74 heavy (non-hydrogen) atoms. The van der Waals surface area contributed by atoms with Crippen LogP contribution in [0.4, 0.5) is 0 Å². The second-order valence-electron chi connectivity index (χ2n) is 21.8. The molecule has 0 aromatic heterocycles. The smallest absolute Gasteiger partial charge is 0.220 e. The Morgan fingerprint density at radius 3 is 1.38 bits per heavy atom. The van der Waals surface area contributed by atoms with E-state index in [-0.39, 0.29) is 12.5 Å². The Bertz CT molecular complexity index is 1340. The van der Waals surface area contributed by atoms with Crippen molar-refractivity contribution in [1.82, 2.24) is 5.32 Å². The zero-order valence-electron chi connectivity index (χ0n) is 46.8. The maximum atomic E-state index is 13.3. The van der Waals surface area contributed by atoms with Gasteiger partial charge in [-0.3, -0.25) is 4.79 Å². The van der Waals surface area contributed by atoms with Gasteiger partial charge < -0.3 is 65.1 Å². The van der Waals surface area contributed by atoms with Crippen LogP contribution in [0.5, 0.6) is 0 Å². The summed E-state index contributed by atoms with van der Waals surface area (Å²) in [6, 6.07) is -0.832. The van der Waals surface area contributed by atoms with Crippen LogP contribution < -0.4 is 5.32 Å². The SMILES string of the molecule is CCCCC/C=C\C/C=C\CCCCCCCCCC(=O)NC(COC1OC(CO)C(OC2OC(CO)C(O)C(O)C2O)C(O)C1O)C(O)CCCCCCCCCCCCCCCCCCCCCCCCC. The Morgan fingerprint density at radius 1 is 0.486 bits per heavy atom. The number of hydrogen-bond donors (Lipinski definition) is 9. The van der Waals surface area contributed by atoms with E-state index in [1.165, 1.54) is 167 Å². The number of aliphatic hydroxyl groups excluding tert-OH is 8. The number of unbranched alkanes of at least 4 members (excludes halogenated alkanes) is 32. The average molecular weight is 1060 g/mol. The van der Waals surface area contributed by atoms with E-state index >= 15 is 0 Å². The molecule has 0 bridgehead atoms. The van der Waals surface area contributed by atoms with Crippen molar-refractivity contribution in [2.45, 2.75) is 331 Å². The van der Waals surface area contributed by atoms with Gasteiger partial charge in [-0.25, -0.2) is 0 Å². The Hall–Kier alpha value is -1.53. The predicted molar refractivity (Wildman–Crippen MR) is 295 cm³/mol. The molecule has 14 heteroatoms. The summed E-state index contributed by atoms with van der Waals surface area (Å²) in [7, 11) is 0. The minimum Gasteiger partial charge on any atom is -0.394 e. The predicted octanol–water partition coefficient (Wildman–Crippen LogP) is 10.4. The highest BCUT2D eigenvalue weighted by molar-refractivity contribution is 5.76. The first-order chi connectivity index (χ1) is 36.1. The van der Waals surface area contributed by atoms with E-state index in [0.29, 0.717) is 19.3 Å². The number of ether oxygens (including phenoxy) is 4. The normalized spacial score (nSPS) is 25.3. The molecule has 0 spiro atoms. The monoisotopic (exact) mass is 1060 g/mol. The molecule has 0 saturated carbocycles. The van der Waals surface area contributed by atoms with E-state index in [4.69, 9.17) is 18.9 Å². The second-order valence-corrected chi connectivity index (χ2v) is 21.8. The number of amides is 1. The number of carbonyl (C=O) groups excluding carboxylic acids is 1. The summed E-state index contributed by atoms with van der Waals surface area (Å²) in [6.07, 6.45) is 37.4. The molecule has 9 N–H and O–H groups in total. The maximum Gasteiger partial charge on any atom is 0.220 e. The van der Waals surface area contributed by atoms with Crippen molar-refractivity contribution in [3.8, 4) is 0 Å². The molecule has 436 valence electrons. The van der Waals surface area contributed by atoms with Crippen molar-refractivity contribution < 1.29 is 64.6 Å². The lowest BCUT2D eigenvalue weighted by Gasteiger charge is -2.46. The van der Waals surface area contributed by atoms with E-state index in [1.807, 2.05) is 0 Å². The molecule has 2 heterocycles. The van der Waals surface area contributed by atoms with Gasteiger partial charge in [-0.2, -0.15) is 0 Å². The van der Waals surface area contributed by atoms with E-state index in [9.17, 15) is 45.6 Å². The van der Waals surface area contributed by atoms with Crippen LogP contribution in [0.2, 0.25) is 0 Å². The number of aliphatic hydroxyl groups is 8. The zero-order valence-corrected chi connectivity index (χ0v) is 46.8. The Kier molecular flexibility index (Phi) is 43.0.